The number of benzene rings is 2. The first-order valence-corrected chi connectivity index (χ1v) is 6.29. The highest BCUT2D eigenvalue weighted by molar-refractivity contribution is 5.78. The van der Waals surface area contributed by atoms with Gasteiger partial charge in [0.2, 0.25) is 5.91 Å². The normalized spacial score (nSPS) is 9.95. The number of nitrogens with one attached hydrogen (secondary N) is 1. The maximum Gasteiger partial charge on any atom is 0.224 e. The van der Waals surface area contributed by atoms with Crippen LogP contribution >= 0.6 is 0 Å². The molecule has 0 aromatic heterocycles. The minimum atomic E-state index is -0.733. The number of hydrogen-bond acceptors (Lipinski definition) is 2. The second-order valence-corrected chi connectivity index (χ2v) is 4.46. The summed E-state index contributed by atoms with van der Waals surface area (Å²) in [7, 11) is 0. The first kappa shape index (κ1) is 14.7. The fourth-order valence-electron chi connectivity index (χ4n) is 1.82. The van der Waals surface area contributed by atoms with E-state index in [0.717, 1.165) is 17.7 Å². The van der Waals surface area contributed by atoms with Gasteiger partial charge in [-0.1, -0.05) is 18.2 Å². The lowest BCUT2D eigenvalue weighted by atomic mass is 10.1. The van der Waals surface area contributed by atoms with Gasteiger partial charge < -0.3 is 5.32 Å². The Hall–Kier alpha value is -2.74. The predicted molar refractivity (Wildman–Crippen MR) is 73.1 cm³/mol. The van der Waals surface area contributed by atoms with Crippen molar-refractivity contribution in [1.29, 1.82) is 5.26 Å². The summed E-state index contributed by atoms with van der Waals surface area (Å²) in [5, 5.41) is 11.3. The number of carbonyl (C=O) groups excluding carboxylic acids is 1. The van der Waals surface area contributed by atoms with E-state index in [1.807, 2.05) is 6.07 Å². The molecule has 2 aromatic carbocycles. The molecule has 5 heteroatoms. The largest absolute Gasteiger partial charge is 0.352 e. The van der Waals surface area contributed by atoms with Crippen LogP contribution < -0.4 is 5.32 Å². The van der Waals surface area contributed by atoms with E-state index in [1.54, 1.807) is 24.3 Å². The van der Waals surface area contributed by atoms with Gasteiger partial charge in [-0.2, -0.15) is 5.26 Å². The molecule has 0 unspecified atom stereocenters. The van der Waals surface area contributed by atoms with E-state index in [-0.39, 0.29) is 18.5 Å². The molecule has 0 aliphatic heterocycles. The number of carbonyl (C=O) groups is 1. The molecular weight excluding hydrogens is 274 g/mol. The van der Waals surface area contributed by atoms with Crippen LogP contribution in [0.2, 0.25) is 0 Å². The van der Waals surface area contributed by atoms with E-state index in [1.165, 1.54) is 6.07 Å². The number of rotatable bonds is 4. The molecule has 0 heterocycles. The zero-order chi connectivity index (χ0) is 15.2. The van der Waals surface area contributed by atoms with Crippen molar-refractivity contribution in [1.82, 2.24) is 5.32 Å². The molecule has 3 nitrogen and oxygen atoms in total. The van der Waals surface area contributed by atoms with Crippen LogP contribution in [0, 0.1) is 23.0 Å². The zero-order valence-corrected chi connectivity index (χ0v) is 11.1. The van der Waals surface area contributed by atoms with Crippen LogP contribution in [0.5, 0.6) is 0 Å². The summed E-state index contributed by atoms with van der Waals surface area (Å²) >= 11 is 0. The van der Waals surface area contributed by atoms with Crippen molar-refractivity contribution in [2.75, 3.05) is 0 Å². The molecule has 0 spiro atoms. The van der Waals surface area contributed by atoms with Crippen molar-refractivity contribution in [2.24, 2.45) is 0 Å². The number of nitriles is 1. The summed E-state index contributed by atoms with van der Waals surface area (Å²) < 4.78 is 26.8. The van der Waals surface area contributed by atoms with Gasteiger partial charge in [0, 0.05) is 12.1 Å². The van der Waals surface area contributed by atoms with Gasteiger partial charge in [0.25, 0.3) is 0 Å². The number of hydrogen-bond donors (Lipinski definition) is 1. The van der Waals surface area contributed by atoms with Gasteiger partial charge in [0.1, 0.15) is 11.6 Å². The zero-order valence-electron chi connectivity index (χ0n) is 11.1. The fraction of sp³-hybridized carbons (Fsp3) is 0.125. The van der Waals surface area contributed by atoms with Gasteiger partial charge in [-0.05, 0) is 29.8 Å². The second-order valence-electron chi connectivity index (χ2n) is 4.46. The van der Waals surface area contributed by atoms with E-state index in [0.29, 0.717) is 5.56 Å². The van der Waals surface area contributed by atoms with Crippen LogP contribution in [0.25, 0.3) is 0 Å². The topological polar surface area (TPSA) is 52.9 Å². The van der Waals surface area contributed by atoms with Crippen LogP contribution in [0.4, 0.5) is 8.78 Å². The number of nitrogens with zero attached hydrogens (tertiary/aromatic N) is 1. The fourth-order valence-corrected chi connectivity index (χ4v) is 1.82. The highest BCUT2D eigenvalue weighted by atomic mass is 19.1. The lowest BCUT2D eigenvalue weighted by Gasteiger charge is -2.07. The molecule has 1 amide bonds. The average molecular weight is 286 g/mol. The third-order valence-corrected chi connectivity index (χ3v) is 2.97. The first-order valence-electron chi connectivity index (χ1n) is 6.29. The average Bonchev–Trinajstić information content (AvgIpc) is 2.49. The quantitative estimate of drug-likeness (QED) is 0.939. The summed E-state index contributed by atoms with van der Waals surface area (Å²) in [6, 6.07) is 12.2. The van der Waals surface area contributed by atoms with Gasteiger partial charge >= 0.3 is 0 Å². The second kappa shape index (κ2) is 6.62. The summed E-state index contributed by atoms with van der Waals surface area (Å²) in [6.45, 7) is 0.237. The van der Waals surface area contributed by atoms with E-state index >= 15 is 0 Å². The number of halogens is 2. The van der Waals surface area contributed by atoms with Crippen molar-refractivity contribution in [2.45, 2.75) is 13.0 Å². The van der Waals surface area contributed by atoms with Gasteiger partial charge in [-0.15, -0.1) is 0 Å². The Balaban J connectivity index is 1.94. The van der Waals surface area contributed by atoms with Crippen molar-refractivity contribution < 1.29 is 13.6 Å². The third kappa shape index (κ3) is 3.86. The lowest BCUT2D eigenvalue weighted by Crippen LogP contribution is -2.25. The lowest BCUT2D eigenvalue weighted by molar-refractivity contribution is -0.120. The van der Waals surface area contributed by atoms with Gasteiger partial charge in [-0.25, -0.2) is 8.78 Å². The molecule has 106 valence electrons. The summed E-state index contributed by atoms with van der Waals surface area (Å²) in [4.78, 5) is 11.7. The molecule has 2 aromatic rings. The Morgan fingerprint density at radius 2 is 1.71 bits per heavy atom. The minimum Gasteiger partial charge on any atom is -0.352 e. The maximum atomic E-state index is 13.4. The van der Waals surface area contributed by atoms with Crippen LogP contribution in [0.3, 0.4) is 0 Å². The SMILES string of the molecule is N#Cc1ccc(CNC(=O)Cc2c(F)cccc2F)cc1. The molecule has 0 aliphatic carbocycles. The molecule has 0 bridgehead atoms. The molecule has 0 saturated carbocycles. The van der Waals surface area contributed by atoms with Crippen LogP contribution in [0.1, 0.15) is 16.7 Å². The van der Waals surface area contributed by atoms with Crippen LogP contribution in [-0.2, 0) is 17.8 Å². The van der Waals surface area contributed by atoms with Crippen LogP contribution in [-0.4, -0.2) is 5.91 Å². The van der Waals surface area contributed by atoms with Crippen molar-refractivity contribution in [3.05, 3.63) is 70.8 Å². The summed E-state index contributed by atoms with van der Waals surface area (Å²) in [5.41, 5.74) is 1.09. The molecule has 0 aliphatic rings. The van der Waals surface area contributed by atoms with Crippen LogP contribution in [0.15, 0.2) is 42.5 Å². The number of amides is 1. The van der Waals surface area contributed by atoms with Gasteiger partial charge in [0.05, 0.1) is 18.1 Å². The van der Waals surface area contributed by atoms with E-state index < -0.39 is 17.5 Å². The Morgan fingerprint density at radius 3 is 2.29 bits per heavy atom. The Morgan fingerprint density at radius 1 is 1.10 bits per heavy atom. The molecule has 0 atom stereocenters. The van der Waals surface area contributed by atoms with Gasteiger partial charge in [-0.3, -0.25) is 4.79 Å². The Labute approximate surface area is 120 Å². The minimum absolute atomic E-state index is 0.237. The summed E-state index contributed by atoms with van der Waals surface area (Å²) in [6.07, 6.45) is -0.352. The molecular formula is C16H12F2N2O. The maximum absolute atomic E-state index is 13.4. The molecule has 21 heavy (non-hydrogen) atoms. The van der Waals surface area contributed by atoms with E-state index in [2.05, 4.69) is 5.32 Å². The molecule has 1 N–H and O–H groups in total. The predicted octanol–water partition coefficient (Wildman–Crippen LogP) is 2.70. The van der Waals surface area contributed by atoms with E-state index in [9.17, 15) is 13.6 Å². The van der Waals surface area contributed by atoms with Gasteiger partial charge in [0.15, 0.2) is 0 Å². The third-order valence-electron chi connectivity index (χ3n) is 2.97. The Kier molecular flexibility index (Phi) is 4.62. The van der Waals surface area contributed by atoms with Crippen molar-refractivity contribution in [3.8, 4) is 6.07 Å². The van der Waals surface area contributed by atoms with Crippen molar-refractivity contribution in [3.63, 3.8) is 0 Å². The highest BCUT2D eigenvalue weighted by Crippen LogP contribution is 2.12. The smallest absolute Gasteiger partial charge is 0.224 e. The first-order chi connectivity index (χ1) is 10.1. The molecule has 2 rings (SSSR count). The van der Waals surface area contributed by atoms with Crippen molar-refractivity contribution >= 4 is 5.91 Å². The molecule has 0 saturated heterocycles. The summed E-state index contributed by atoms with van der Waals surface area (Å²) in [5.74, 6) is -1.93. The Bertz CT molecular complexity index is 670. The molecule has 0 fully saturated rings. The standard InChI is InChI=1S/C16H12F2N2O/c17-14-2-1-3-15(18)13(14)8-16(21)20-10-12-6-4-11(9-19)5-7-12/h1-7H,8,10H2,(H,20,21). The molecule has 0 radical (unpaired) electrons. The highest BCUT2D eigenvalue weighted by Gasteiger charge is 2.12. The monoisotopic (exact) mass is 286 g/mol. The van der Waals surface area contributed by atoms with E-state index in [4.69, 9.17) is 5.26 Å².